The first kappa shape index (κ1) is 23.7. The molecule has 1 aromatic heterocycles. The Morgan fingerprint density at radius 3 is 2.03 bits per heavy atom. The van der Waals surface area contributed by atoms with Crippen LogP contribution in [-0.2, 0) is 0 Å². The van der Waals surface area contributed by atoms with E-state index in [1.165, 1.54) is 33.5 Å². The molecule has 0 aliphatic heterocycles. The molecule has 0 radical (unpaired) electrons. The van der Waals surface area contributed by atoms with Crippen LogP contribution in [0.15, 0.2) is 65.6 Å². The standard InChI is InChI=1S/C26H22F2N2O5/c1-29(18-10-15(27)9-16(28)11-18)26(32)21-14-30(17-5-7-19(33-2)8-6-17)22-13-24(35-4)23(34-3)12-20(22)25(21)31/h5-14H,1-4H3. The first-order valence-electron chi connectivity index (χ1n) is 10.5. The summed E-state index contributed by atoms with van der Waals surface area (Å²) in [5, 5.41) is 0.197. The number of amides is 1. The fourth-order valence-electron chi connectivity index (χ4n) is 3.79. The molecule has 0 spiro atoms. The average Bonchev–Trinajstić information content (AvgIpc) is 2.87. The predicted molar refractivity (Wildman–Crippen MR) is 128 cm³/mol. The van der Waals surface area contributed by atoms with Crippen LogP contribution in [0.1, 0.15) is 10.4 Å². The average molecular weight is 480 g/mol. The number of hydrogen-bond acceptors (Lipinski definition) is 5. The van der Waals surface area contributed by atoms with Crippen molar-refractivity contribution in [3.8, 4) is 22.9 Å². The van der Waals surface area contributed by atoms with Gasteiger partial charge in [0.25, 0.3) is 5.91 Å². The molecule has 0 N–H and O–H groups in total. The van der Waals surface area contributed by atoms with Crippen molar-refractivity contribution in [3.05, 3.63) is 88.2 Å². The number of anilines is 1. The molecule has 0 atom stereocenters. The highest BCUT2D eigenvalue weighted by Gasteiger charge is 2.23. The summed E-state index contributed by atoms with van der Waals surface area (Å²) in [5.41, 5.74) is 0.299. The minimum absolute atomic E-state index is 0.0321. The van der Waals surface area contributed by atoms with Gasteiger partial charge >= 0.3 is 0 Å². The number of hydrogen-bond donors (Lipinski definition) is 0. The van der Waals surface area contributed by atoms with E-state index in [-0.39, 0.29) is 16.6 Å². The number of ether oxygens (including phenoxy) is 3. The van der Waals surface area contributed by atoms with Gasteiger partial charge in [-0.3, -0.25) is 9.59 Å². The second-order valence-electron chi connectivity index (χ2n) is 7.66. The molecular weight excluding hydrogens is 458 g/mol. The van der Waals surface area contributed by atoms with Crippen molar-refractivity contribution >= 4 is 22.5 Å². The molecule has 0 fully saturated rings. The van der Waals surface area contributed by atoms with E-state index in [0.29, 0.717) is 34.5 Å². The quantitative estimate of drug-likeness (QED) is 0.404. The zero-order valence-electron chi connectivity index (χ0n) is 19.5. The minimum Gasteiger partial charge on any atom is -0.497 e. The maximum absolute atomic E-state index is 13.8. The predicted octanol–water partition coefficient (Wildman–Crippen LogP) is 4.57. The normalized spacial score (nSPS) is 10.8. The first-order valence-corrected chi connectivity index (χ1v) is 10.5. The van der Waals surface area contributed by atoms with Gasteiger partial charge in [-0.25, -0.2) is 8.78 Å². The van der Waals surface area contributed by atoms with Crippen LogP contribution in [0, 0.1) is 11.6 Å². The molecule has 1 amide bonds. The second kappa shape index (κ2) is 9.46. The van der Waals surface area contributed by atoms with Crippen molar-refractivity contribution in [2.24, 2.45) is 0 Å². The lowest BCUT2D eigenvalue weighted by atomic mass is 10.1. The summed E-state index contributed by atoms with van der Waals surface area (Å²) in [7, 11) is 5.80. The van der Waals surface area contributed by atoms with Gasteiger partial charge in [-0.05, 0) is 42.5 Å². The van der Waals surface area contributed by atoms with Gasteiger partial charge in [-0.15, -0.1) is 0 Å². The van der Waals surface area contributed by atoms with E-state index in [0.717, 1.165) is 17.0 Å². The largest absolute Gasteiger partial charge is 0.497 e. The van der Waals surface area contributed by atoms with Crippen molar-refractivity contribution in [1.82, 2.24) is 4.57 Å². The zero-order chi connectivity index (χ0) is 25.3. The molecule has 9 heteroatoms. The summed E-state index contributed by atoms with van der Waals surface area (Å²) < 4.78 is 45.2. The Hall–Kier alpha value is -4.40. The van der Waals surface area contributed by atoms with Crippen molar-refractivity contribution in [1.29, 1.82) is 0 Å². The number of carbonyl (C=O) groups is 1. The Morgan fingerprint density at radius 1 is 0.857 bits per heavy atom. The van der Waals surface area contributed by atoms with Gasteiger partial charge in [0.15, 0.2) is 11.5 Å². The summed E-state index contributed by atoms with van der Waals surface area (Å²) >= 11 is 0. The van der Waals surface area contributed by atoms with E-state index in [4.69, 9.17) is 14.2 Å². The van der Waals surface area contributed by atoms with E-state index in [2.05, 4.69) is 0 Å². The number of pyridine rings is 1. The highest BCUT2D eigenvalue weighted by molar-refractivity contribution is 6.07. The Balaban J connectivity index is 1.97. The van der Waals surface area contributed by atoms with Gasteiger partial charge in [0.2, 0.25) is 5.43 Å². The van der Waals surface area contributed by atoms with Gasteiger partial charge in [0.1, 0.15) is 22.9 Å². The Labute approximate surface area is 199 Å². The number of benzene rings is 3. The van der Waals surface area contributed by atoms with Gasteiger partial charge in [-0.2, -0.15) is 0 Å². The van der Waals surface area contributed by atoms with Crippen molar-refractivity contribution in [2.75, 3.05) is 33.3 Å². The third-order valence-corrected chi connectivity index (χ3v) is 5.63. The van der Waals surface area contributed by atoms with Gasteiger partial charge in [-0.1, -0.05) is 0 Å². The molecular formula is C26H22F2N2O5. The summed E-state index contributed by atoms with van der Waals surface area (Å²) in [6, 6.07) is 12.9. The molecule has 180 valence electrons. The molecule has 4 aromatic rings. The molecule has 0 aliphatic rings. The fourth-order valence-corrected chi connectivity index (χ4v) is 3.79. The van der Waals surface area contributed by atoms with Crippen LogP contribution in [0.5, 0.6) is 17.2 Å². The van der Waals surface area contributed by atoms with Gasteiger partial charge in [0.05, 0.1) is 32.2 Å². The molecule has 0 saturated carbocycles. The van der Waals surface area contributed by atoms with Gasteiger partial charge < -0.3 is 23.7 Å². The van der Waals surface area contributed by atoms with Crippen LogP contribution in [-0.4, -0.2) is 38.9 Å². The monoisotopic (exact) mass is 480 g/mol. The Kier molecular flexibility index (Phi) is 6.42. The molecule has 0 bridgehead atoms. The lowest BCUT2D eigenvalue weighted by Crippen LogP contribution is -2.32. The smallest absolute Gasteiger partial charge is 0.263 e. The van der Waals surface area contributed by atoms with E-state index >= 15 is 0 Å². The lowest BCUT2D eigenvalue weighted by molar-refractivity contribution is 0.0991. The number of halogens is 2. The molecule has 7 nitrogen and oxygen atoms in total. The number of fused-ring (bicyclic) bond motifs is 1. The summed E-state index contributed by atoms with van der Waals surface area (Å²) in [4.78, 5) is 27.9. The summed E-state index contributed by atoms with van der Waals surface area (Å²) in [6.07, 6.45) is 1.40. The van der Waals surface area contributed by atoms with E-state index in [1.807, 2.05) is 0 Å². The third-order valence-electron chi connectivity index (χ3n) is 5.63. The number of aromatic nitrogens is 1. The molecule has 3 aromatic carbocycles. The Bertz CT molecular complexity index is 1460. The maximum Gasteiger partial charge on any atom is 0.263 e. The fraction of sp³-hybridized carbons (Fsp3) is 0.154. The van der Waals surface area contributed by atoms with Crippen LogP contribution < -0.4 is 24.5 Å². The zero-order valence-corrected chi connectivity index (χ0v) is 19.5. The third kappa shape index (κ3) is 4.40. The summed E-state index contributed by atoms with van der Waals surface area (Å²) in [5.74, 6) is -1.09. The van der Waals surface area contributed by atoms with Crippen molar-refractivity contribution < 1.29 is 27.8 Å². The number of nitrogens with zero attached hydrogens (tertiary/aromatic N) is 2. The molecule has 0 saturated heterocycles. The highest BCUT2D eigenvalue weighted by Crippen LogP contribution is 2.32. The van der Waals surface area contributed by atoms with E-state index in [1.54, 1.807) is 42.0 Å². The molecule has 4 rings (SSSR count). The number of carbonyl (C=O) groups excluding carboxylic acids is 1. The molecule has 0 aliphatic carbocycles. The van der Waals surface area contributed by atoms with Crippen LogP contribution >= 0.6 is 0 Å². The highest BCUT2D eigenvalue weighted by atomic mass is 19.1. The Morgan fingerprint density at radius 2 is 1.46 bits per heavy atom. The van der Waals surface area contributed by atoms with Crippen LogP contribution in [0.25, 0.3) is 16.6 Å². The first-order chi connectivity index (χ1) is 16.8. The molecule has 1 heterocycles. The van der Waals surface area contributed by atoms with Crippen LogP contribution in [0.3, 0.4) is 0 Å². The van der Waals surface area contributed by atoms with E-state index < -0.39 is 23.0 Å². The molecule has 0 unspecified atom stereocenters. The number of methoxy groups -OCH3 is 3. The van der Waals surface area contributed by atoms with Crippen LogP contribution in [0.2, 0.25) is 0 Å². The van der Waals surface area contributed by atoms with Gasteiger partial charge in [0, 0.05) is 36.8 Å². The lowest BCUT2D eigenvalue weighted by Gasteiger charge is -2.20. The minimum atomic E-state index is -0.842. The molecule has 35 heavy (non-hydrogen) atoms. The number of rotatable bonds is 6. The SMILES string of the molecule is COc1ccc(-n2cc(C(=O)N(C)c3cc(F)cc(F)c3)c(=O)c3cc(OC)c(OC)cc32)cc1. The van der Waals surface area contributed by atoms with Crippen molar-refractivity contribution in [3.63, 3.8) is 0 Å². The van der Waals surface area contributed by atoms with E-state index in [9.17, 15) is 18.4 Å². The maximum atomic E-state index is 13.8. The topological polar surface area (TPSA) is 70.0 Å². The van der Waals surface area contributed by atoms with Crippen molar-refractivity contribution in [2.45, 2.75) is 0 Å². The van der Waals surface area contributed by atoms with Crippen LogP contribution in [0.4, 0.5) is 14.5 Å². The second-order valence-corrected chi connectivity index (χ2v) is 7.66. The summed E-state index contributed by atoms with van der Waals surface area (Å²) in [6.45, 7) is 0.